The van der Waals surface area contributed by atoms with E-state index >= 15 is 0 Å². The number of hydrogen-bond acceptors (Lipinski definition) is 4. The van der Waals surface area contributed by atoms with Crippen molar-refractivity contribution in [2.24, 2.45) is 5.92 Å². The van der Waals surface area contributed by atoms with Crippen LogP contribution < -0.4 is 0 Å². The van der Waals surface area contributed by atoms with Gasteiger partial charge in [0.25, 0.3) is 5.69 Å². The minimum absolute atomic E-state index is 0.00952. The molecule has 0 aromatic heterocycles. The quantitative estimate of drug-likeness (QED) is 0.677. The summed E-state index contributed by atoms with van der Waals surface area (Å²) >= 11 is 0. The van der Waals surface area contributed by atoms with Crippen LogP contribution in [0, 0.1) is 16.0 Å². The number of nitro groups is 1. The van der Waals surface area contributed by atoms with Crippen molar-refractivity contribution in [2.45, 2.75) is 32.3 Å². The second-order valence-electron chi connectivity index (χ2n) is 5.52. The van der Waals surface area contributed by atoms with E-state index in [1.807, 2.05) is 0 Å². The number of nitro benzene ring substituents is 1. The number of aliphatic hydroxyl groups is 1. The fourth-order valence-corrected chi connectivity index (χ4v) is 2.74. The summed E-state index contributed by atoms with van der Waals surface area (Å²) in [6, 6.07) is 6.34. The van der Waals surface area contributed by atoms with Gasteiger partial charge in [0.2, 0.25) is 5.91 Å². The Labute approximate surface area is 123 Å². The van der Waals surface area contributed by atoms with Crippen molar-refractivity contribution in [1.82, 2.24) is 4.90 Å². The monoisotopic (exact) mass is 292 g/mol. The molecule has 1 fully saturated rings. The molecule has 21 heavy (non-hydrogen) atoms. The first-order valence-electron chi connectivity index (χ1n) is 7.17. The molecule has 1 aliphatic rings. The summed E-state index contributed by atoms with van der Waals surface area (Å²) in [6.45, 7) is 2.99. The molecule has 6 nitrogen and oxygen atoms in total. The Balaban J connectivity index is 1.98. The minimum atomic E-state index is -0.456. The van der Waals surface area contributed by atoms with Gasteiger partial charge >= 0.3 is 0 Å². The van der Waals surface area contributed by atoms with Crippen molar-refractivity contribution >= 4 is 11.6 Å². The van der Waals surface area contributed by atoms with Gasteiger partial charge in [0.1, 0.15) is 0 Å². The number of para-hydroxylation sites is 1. The molecule has 1 unspecified atom stereocenters. The summed E-state index contributed by atoms with van der Waals surface area (Å²) in [4.78, 5) is 24.5. The lowest BCUT2D eigenvalue weighted by Crippen LogP contribution is -2.41. The van der Waals surface area contributed by atoms with Gasteiger partial charge in [-0.3, -0.25) is 14.9 Å². The SMILES string of the molecule is CC(O)C1CCN(C(=O)Cc2ccccc2[N+](=O)[O-])CC1. The van der Waals surface area contributed by atoms with Crippen molar-refractivity contribution in [3.63, 3.8) is 0 Å². The highest BCUT2D eigenvalue weighted by Crippen LogP contribution is 2.23. The number of benzene rings is 1. The number of carbonyl (C=O) groups excluding carboxylic acids is 1. The second kappa shape index (κ2) is 6.67. The summed E-state index contributed by atoms with van der Waals surface area (Å²) in [5.74, 6) is 0.147. The zero-order chi connectivity index (χ0) is 15.4. The maximum atomic E-state index is 12.3. The molecule has 1 N–H and O–H groups in total. The number of aliphatic hydroxyl groups excluding tert-OH is 1. The van der Waals surface area contributed by atoms with Crippen molar-refractivity contribution in [2.75, 3.05) is 13.1 Å². The average Bonchev–Trinajstić information content (AvgIpc) is 2.47. The number of rotatable bonds is 4. The molecule has 1 amide bonds. The van der Waals surface area contributed by atoms with E-state index in [9.17, 15) is 20.0 Å². The van der Waals surface area contributed by atoms with Gasteiger partial charge in [0.15, 0.2) is 0 Å². The normalized spacial score (nSPS) is 17.5. The summed E-state index contributed by atoms with van der Waals surface area (Å²) in [7, 11) is 0. The molecule has 2 rings (SSSR count). The van der Waals surface area contributed by atoms with Crippen LogP contribution in [0.15, 0.2) is 24.3 Å². The van der Waals surface area contributed by atoms with Gasteiger partial charge in [-0.2, -0.15) is 0 Å². The fraction of sp³-hybridized carbons (Fsp3) is 0.533. The first-order valence-corrected chi connectivity index (χ1v) is 7.17. The molecule has 6 heteroatoms. The van der Waals surface area contributed by atoms with E-state index in [1.54, 1.807) is 30.0 Å². The molecular weight excluding hydrogens is 272 g/mol. The molecular formula is C15H20N2O4. The topological polar surface area (TPSA) is 83.7 Å². The van der Waals surface area contributed by atoms with Crippen molar-refractivity contribution in [3.8, 4) is 0 Å². The molecule has 1 aliphatic heterocycles. The highest BCUT2D eigenvalue weighted by atomic mass is 16.6. The minimum Gasteiger partial charge on any atom is -0.393 e. The average molecular weight is 292 g/mol. The number of carbonyl (C=O) groups is 1. The summed E-state index contributed by atoms with van der Waals surface area (Å²) < 4.78 is 0. The van der Waals surface area contributed by atoms with E-state index in [1.165, 1.54) is 6.07 Å². The van der Waals surface area contributed by atoms with Crippen molar-refractivity contribution < 1.29 is 14.8 Å². The standard InChI is InChI=1S/C15H20N2O4/c1-11(18)12-6-8-16(9-7-12)15(19)10-13-4-2-3-5-14(13)17(20)21/h2-5,11-12,18H,6-10H2,1H3. The van der Waals surface area contributed by atoms with Crippen LogP contribution in [0.5, 0.6) is 0 Å². The van der Waals surface area contributed by atoms with Gasteiger partial charge in [-0.25, -0.2) is 0 Å². The third-order valence-electron chi connectivity index (χ3n) is 4.10. The highest BCUT2D eigenvalue weighted by Gasteiger charge is 2.26. The zero-order valence-corrected chi connectivity index (χ0v) is 12.1. The second-order valence-corrected chi connectivity index (χ2v) is 5.52. The predicted octanol–water partition coefficient (Wildman–Crippen LogP) is 1.76. The Bertz CT molecular complexity index is 522. The Hall–Kier alpha value is -1.95. The maximum absolute atomic E-state index is 12.3. The molecule has 1 heterocycles. The molecule has 114 valence electrons. The Morgan fingerprint density at radius 2 is 2.05 bits per heavy atom. The molecule has 1 atom stereocenters. The lowest BCUT2D eigenvalue weighted by Gasteiger charge is -2.33. The van der Waals surface area contributed by atoms with Crippen LogP contribution in [0.1, 0.15) is 25.3 Å². The van der Waals surface area contributed by atoms with E-state index in [0.29, 0.717) is 18.7 Å². The lowest BCUT2D eigenvalue weighted by molar-refractivity contribution is -0.385. The number of hydrogen-bond donors (Lipinski definition) is 1. The van der Waals surface area contributed by atoms with Gasteiger partial charge in [-0.15, -0.1) is 0 Å². The van der Waals surface area contributed by atoms with Crippen molar-refractivity contribution in [3.05, 3.63) is 39.9 Å². The maximum Gasteiger partial charge on any atom is 0.273 e. The molecule has 1 aromatic carbocycles. The van der Waals surface area contributed by atoms with E-state index < -0.39 is 4.92 Å². The third-order valence-corrected chi connectivity index (χ3v) is 4.10. The zero-order valence-electron chi connectivity index (χ0n) is 12.1. The van der Waals surface area contributed by atoms with Crippen LogP contribution >= 0.6 is 0 Å². The van der Waals surface area contributed by atoms with E-state index in [-0.39, 0.29) is 30.0 Å². The Kier molecular flexibility index (Phi) is 4.90. The van der Waals surface area contributed by atoms with E-state index in [2.05, 4.69) is 0 Å². The molecule has 1 saturated heterocycles. The van der Waals surface area contributed by atoms with Crippen LogP contribution in [-0.2, 0) is 11.2 Å². The van der Waals surface area contributed by atoms with Crippen LogP contribution in [0.25, 0.3) is 0 Å². The molecule has 0 aliphatic carbocycles. The number of nitrogens with zero attached hydrogens (tertiary/aromatic N) is 2. The molecule has 0 radical (unpaired) electrons. The number of likely N-dealkylation sites (tertiary alicyclic amines) is 1. The molecule has 0 bridgehead atoms. The summed E-state index contributed by atoms with van der Waals surface area (Å²) in [6.07, 6.45) is 1.26. The molecule has 0 spiro atoms. The third kappa shape index (κ3) is 3.78. The smallest absolute Gasteiger partial charge is 0.273 e. The van der Waals surface area contributed by atoms with Crippen LogP contribution in [0.4, 0.5) is 5.69 Å². The first-order chi connectivity index (χ1) is 9.99. The Morgan fingerprint density at radius 3 is 2.62 bits per heavy atom. The highest BCUT2D eigenvalue weighted by molar-refractivity contribution is 5.80. The van der Waals surface area contributed by atoms with E-state index in [4.69, 9.17) is 0 Å². The van der Waals surface area contributed by atoms with Crippen LogP contribution in [-0.4, -0.2) is 40.0 Å². The number of amides is 1. The summed E-state index contributed by atoms with van der Waals surface area (Å²) in [5.41, 5.74) is 0.440. The van der Waals surface area contributed by atoms with Gasteiger partial charge < -0.3 is 10.0 Å². The van der Waals surface area contributed by atoms with E-state index in [0.717, 1.165) is 12.8 Å². The largest absolute Gasteiger partial charge is 0.393 e. The van der Waals surface area contributed by atoms with Gasteiger partial charge in [0, 0.05) is 24.7 Å². The van der Waals surface area contributed by atoms with Gasteiger partial charge in [0.05, 0.1) is 17.4 Å². The van der Waals surface area contributed by atoms with Crippen LogP contribution in [0.3, 0.4) is 0 Å². The fourth-order valence-electron chi connectivity index (χ4n) is 2.74. The number of piperidine rings is 1. The lowest BCUT2D eigenvalue weighted by atomic mass is 9.92. The molecule has 0 saturated carbocycles. The van der Waals surface area contributed by atoms with Crippen molar-refractivity contribution in [1.29, 1.82) is 0 Å². The predicted molar refractivity (Wildman–Crippen MR) is 77.8 cm³/mol. The van der Waals surface area contributed by atoms with Crippen LogP contribution in [0.2, 0.25) is 0 Å². The van der Waals surface area contributed by atoms with Gasteiger partial charge in [-0.05, 0) is 25.7 Å². The van der Waals surface area contributed by atoms with Gasteiger partial charge in [-0.1, -0.05) is 18.2 Å². The molecule has 1 aromatic rings. The first kappa shape index (κ1) is 15.4. The Morgan fingerprint density at radius 1 is 1.43 bits per heavy atom. The summed E-state index contributed by atoms with van der Waals surface area (Å²) in [5, 5.41) is 20.5.